The van der Waals surface area contributed by atoms with Crippen molar-refractivity contribution < 1.29 is 14.3 Å². The predicted molar refractivity (Wildman–Crippen MR) is 88.8 cm³/mol. The molecule has 0 unspecified atom stereocenters. The van der Waals surface area contributed by atoms with Crippen LogP contribution in [0.5, 0.6) is 0 Å². The van der Waals surface area contributed by atoms with E-state index in [9.17, 15) is 9.59 Å². The number of likely N-dealkylation sites (tertiary alicyclic amines) is 1. The molecule has 23 heavy (non-hydrogen) atoms. The molecule has 0 saturated carbocycles. The first kappa shape index (κ1) is 17.5. The van der Waals surface area contributed by atoms with Gasteiger partial charge in [0.25, 0.3) is 0 Å². The molecule has 5 nitrogen and oxygen atoms in total. The number of primary amides is 1. The van der Waals surface area contributed by atoms with E-state index >= 15 is 0 Å². The smallest absolute Gasteiger partial charge is 0.229 e. The highest BCUT2D eigenvalue weighted by Crippen LogP contribution is 2.37. The van der Waals surface area contributed by atoms with Crippen LogP contribution in [-0.2, 0) is 19.7 Å². The average Bonchev–Trinajstić information content (AvgIpc) is 2.99. The molecule has 0 aromatic heterocycles. The second-order valence-electron chi connectivity index (χ2n) is 6.92. The molecule has 1 saturated heterocycles. The van der Waals surface area contributed by atoms with Gasteiger partial charge in [-0.15, -0.1) is 0 Å². The minimum absolute atomic E-state index is 0.0496. The molecule has 0 aliphatic carbocycles. The van der Waals surface area contributed by atoms with Gasteiger partial charge >= 0.3 is 0 Å². The Labute approximate surface area is 137 Å². The summed E-state index contributed by atoms with van der Waals surface area (Å²) in [5.41, 5.74) is 5.31. The maximum Gasteiger partial charge on any atom is 0.229 e. The van der Waals surface area contributed by atoms with Gasteiger partial charge in [-0.25, -0.2) is 0 Å². The topological polar surface area (TPSA) is 72.6 Å². The van der Waals surface area contributed by atoms with E-state index in [-0.39, 0.29) is 11.8 Å². The molecule has 2 rings (SSSR count). The summed E-state index contributed by atoms with van der Waals surface area (Å²) >= 11 is 0. The number of amides is 2. The van der Waals surface area contributed by atoms with Crippen molar-refractivity contribution in [3.8, 4) is 0 Å². The molecule has 1 atom stereocenters. The van der Waals surface area contributed by atoms with E-state index in [0.717, 1.165) is 5.56 Å². The number of nitrogens with zero attached hydrogens (tertiary/aromatic N) is 1. The number of benzene rings is 1. The lowest BCUT2D eigenvalue weighted by molar-refractivity contribution is -0.140. The number of rotatable bonds is 6. The normalized spacial score (nSPS) is 21.4. The Bertz CT molecular complexity index is 571. The van der Waals surface area contributed by atoms with Crippen LogP contribution in [0.3, 0.4) is 0 Å². The molecule has 2 amide bonds. The number of ether oxygens (including phenoxy) is 1. The lowest BCUT2D eigenvalue weighted by atomic mass is 9.79. The van der Waals surface area contributed by atoms with Gasteiger partial charge in [0.05, 0.1) is 5.41 Å². The standard InChI is InChI=1S/C18H26N2O3/c1-17(2,10-12-23-3)16(22)20-11-9-18(13-20,15(19)21)14-7-5-4-6-8-14/h4-8H,9-13H2,1-3H3,(H2,19,21)/t18-/m1/s1. The molecule has 126 valence electrons. The zero-order valence-electron chi connectivity index (χ0n) is 14.2. The highest BCUT2D eigenvalue weighted by atomic mass is 16.5. The van der Waals surface area contributed by atoms with E-state index in [1.807, 2.05) is 44.2 Å². The summed E-state index contributed by atoms with van der Waals surface area (Å²) in [7, 11) is 1.63. The monoisotopic (exact) mass is 318 g/mol. The third kappa shape index (κ3) is 3.39. The van der Waals surface area contributed by atoms with Crippen LogP contribution in [0.2, 0.25) is 0 Å². The van der Waals surface area contributed by atoms with Crippen LogP contribution in [0.4, 0.5) is 0 Å². The third-order valence-corrected chi connectivity index (χ3v) is 4.86. The molecule has 2 N–H and O–H groups in total. The van der Waals surface area contributed by atoms with Crippen LogP contribution in [0, 0.1) is 5.41 Å². The summed E-state index contributed by atoms with van der Waals surface area (Å²) in [4.78, 5) is 26.8. The summed E-state index contributed by atoms with van der Waals surface area (Å²) in [6.45, 7) is 5.27. The van der Waals surface area contributed by atoms with Gasteiger partial charge in [-0.3, -0.25) is 9.59 Å². The summed E-state index contributed by atoms with van der Waals surface area (Å²) in [5, 5.41) is 0. The molecule has 0 bridgehead atoms. The van der Waals surface area contributed by atoms with E-state index in [4.69, 9.17) is 10.5 Å². The third-order valence-electron chi connectivity index (χ3n) is 4.86. The van der Waals surface area contributed by atoms with Gasteiger partial charge in [0.1, 0.15) is 0 Å². The number of carbonyl (C=O) groups is 2. The number of hydrogen-bond donors (Lipinski definition) is 1. The van der Waals surface area contributed by atoms with Gasteiger partial charge < -0.3 is 15.4 Å². The predicted octanol–water partition coefficient (Wildman–Crippen LogP) is 1.70. The van der Waals surface area contributed by atoms with Crippen LogP contribution in [-0.4, -0.2) is 43.5 Å². The highest BCUT2D eigenvalue weighted by Gasteiger charge is 2.48. The molecular weight excluding hydrogens is 292 g/mol. The van der Waals surface area contributed by atoms with Crippen molar-refractivity contribution in [2.45, 2.75) is 32.1 Å². The van der Waals surface area contributed by atoms with E-state index in [1.165, 1.54) is 0 Å². The number of carbonyl (C=O) groups excluding carboxylic acids is 2. The van der Waals surface area contributed by atoms with Crippen LogP contribution in [0.25, 0.3) is 0 Å². The minimum Gasteiger partial charge on any atom is -0.385 e. The van der Waals surface area contributed by atoms with Crippen LogP contribution < -0.4 is 5.73 Å². The van der Waals surface area contributed by atoms with Crippen molar-refractivity contribution in [1.82, 2.24) is 4.90 Å². The number of hydrogen-bond acceptors (Lipinski definition) is 3. The second-order valence-corrected chi connectivity index (χ2v) is 6.92. The fraction of sp³-hybridized carbons (Fsp3) is 0.556. The van der Waals surface area contributed by atoms with Crippen LogP contribution in [0.15, 0.2) is 30.3 Å². The Morgan fingerprint density at radius 3 is 2.52 bits per heavy atom. The van der Waals surface area contributed by atoms with Crippen molar-refractivity contribution in [2.24, 2.45) is 11.1 Å². The Morgan fingerprint density at radius 2 is 1.96 bits per heavy atom. The molecule has 5 heteroatoms. The Kier molecular flexibility index (Phi) is 5.09. The van der Waals surface area contributed by atoms with Gasteiger partial charge in [-0.1, -0.05) is 44.2 Å². The summed E-state index contributed by atoms with van der Waals surface area (Å²) in [6, 6.07) is 9.52. The molecule has 1 fully saturated rings. The molecule has 0 spiro atoms. The van der Waals surface area contributed by atoms with Crippen molar-refractivity contribution in [1.29, 1.82) is 0 Å². The molecule has 0 radical (unpaired) electrons. The van der Waals surface area contributed by atoms with Gasteiger partial charge in [0.15, 0.2) is 0 Å². The molecular formula is C18H26N2O3. The highest BCUT2D eigenvalue weighted by molar-refractivity contribution is 5.90. The largest absolute Gasteiger partial charge is 0.385 e. The fourth-order valence-corrected chi connectivity index (χ4v) is 3.21. The first-order valence-electron chi connectivity index (χ1n) is 7.97. The van der Waals surface area contributed by atoms with Gasteiger partial charge in [-0.05, 0) is 18.4 Å². The van der Waals surface area contributed by atoms with E-state index in [0.29, 0.717) is 32.5 Å². The van der Waals surface area contributed by atoms with Gasteiger partial charge in [-0.2, -0.15) is 0 Å². The summed E-state index contributed by atoms with van der Waals surface area (Å²) in [6.07, 6.45) is 1.21. The van der Waals surface area contributed by atoms with Gasteiger partial charge in [0.2, 0.25) is 11.8 Å². The number of nitrogens with two attached hydrogens (primary N) is 1. The van der Waals surface area contributed by atoms with Crippen LogP contribution in [0.1, 0.15) is 32.3 Å². The second kappa shape index (κ2) is 6.71. The lowest BCUT2D eigenvalue weighted by Gasteiger charge is -2.31. The number of methoxy groups -OCH3 is 1. The quantitative estimate of drug-likeness (QED) is 0.868. The Balaban J connectivity index is 2.21. The molecule has 1 aliphatic rings. The van der Waals surface area contributed by atoms with Crippen molar-refractivity contribution in [3.63, 3.8) is 0 Å². The first-order chi connectivity index (χ1) is 10.8. The zero-order valence-corrected chi connectivity index (χ0v) is 14.2. The Morgan fingerprint density at radius 1 is 1.30 bits per heavy atom. The first-order valence-corrected chi connectivity index (χ1v) is 7.97. The van der Waals surface area contributed by atoms with E-state index < -0.39 is 10.8 Å². The maximum atomic E-state index is 12.8. The maximum absolute atomic E-state index is 12.8. The zero-order chi connectivity index (χ0) is 17.1. The van der Waals surface area contributed by atoms with E-state index in [1.54, 1.807) is 12.0 Å². The van der Waals surface area contributed by atoms with E-state index in [2.05, 4.69) is 0 Å². The van der Waals surface area contributed by atoms with Crippen molar-refractivity contribution >= 4 is 11.8 Å². The van der Waals surface area contributed by atoms with Crippen LogP contribution >= 0.6 is 0 Å². The molecule has 1 aromatic rings. The summed E-state index contributed by atoms with van der Waals surface area (Å²) in [5.74, 6) is -0.317. The SMILES string of the molecule is COCCC(C)(C)C(=O)N1CC[C@](C(N)=O)(c2ccccc2)C1. The van der Waals surface area contributed by atoms with Crippen molar-refractivity contribution in [3.05, 3.63) is 35.9 Å². The molecule has 1 aromatic carbocycles. The van der Waals surface area contributed by atoms with Crippen molar-refractivity contribution in [2.75, 3.05) is 26.8 Å². The fourth-order valence-electron chi connectivity index (χ4n) is 3.21. The average molecular weight is 318 g/mol. The molecule has 1 heterocycles. The summed E-state index contributed by atoms with van der Waals surface area (Å²) < 4.78 is 5.09. The molecule has 1 aliphatic heterocycles. The minimum atomic E-state index is -0.783. The Hall–Kier alpha value is -1.88. The van der Waals surface area contributed by atoms with Gasteiger partial charge in [0, 0.05) is 32.2 Å². The lowest BCUT2D eigenvalue weighted by Crippen LogP contribution is -2.46.